The summed E-state index contributed by atoms with van der Waals surface area (Å²) in [4.78, 5) is 28.2. The number of methoxy groups -OCH3 is 1. The van der Waals surface area contributed by atoms with Crippen LogP contribution in [0, 0.1) is 5.82 Å². The first-order valence-corrected chi connectivity index (χ1v) is 9.12. The van der Waals surface area contributed by atoms with Gasteiger partial charge in [-0.1, -0.05) is 17.3 Å². The quantitative estimate of drug-likeness (QED) is 0.534. The largest absolute Gasteiger partial charge is 0.495 e. The molecule has 1 heterocycles. The Balaban J connectivity index is 1.56. The minimum Gasteiger partial charge on any atom is -0.495 e. The van der Waals surface area contributed by atoms with E-state index in [1.807, 2.05) is 0 Å². The predicted octanol–water partition coefficient (Wildman–Crippen LogP) is 3.52. The van der Waals surface area contributed by atoms with Gasteiger partial charge in [0.25, 0.3) is 5.89 Å². The van der Waals surface area contributed by atoms with Crippen molar-refractivity contribution in [2.75, 3.05) is 12.4 Å². The van der Waals surface area contributed by atoms with Gasteiger partial charge in [-0.25, -0.2) is 9.18 Å². The summed E-state index contributed by atoms with van der Waals surface area (Å²) in [7, 11) is 1.50. The first kappa shape index (κ1) is 20.5. The molecule has 0 bridgehead atoms. The van der Waals surface area contributed by atoms with Gasteiger partial charge >= 0.3 is 5.97 Å². The van der Waals surface area contributed by atoms with Crippen molar-refractivity contribution in [3.8, 4) is 5.75 Å². The van der Waals surface area contributed by atoms with Crippen molar-refractivity contribution in [1.29, 1.82) is 0 Å². The predicted molar refractivity (Wildman–Crippen MR) is 103 cm³/mol. The van der Waals surface area contributed by atoms with Gasteiger partial charge in [0.15, 0.2) is 12.4 Å². The number of hydrogen-bond donors (Lipinski definition) is 1. The molecule has 1 aromatic heterocycles. The lowest BCUT2D eigenvalue weighted by Gasteiger charge is -2.08. The van der Waals surface area contributed by atoms with Crippen molar-refractivity contribution in [3.63, 3.8) is 0 Å². The molecule has 2 aromatic carbocycles. The normalized spacial score (nSPS) is 10.4. The van der Waals surface area contributed by atoms with E-state index in [0.717, 1.165) is 6.07 Å². The molecule has 0 fully saturated rings. The second-order valence-electron chi connectivity index (χ2n) is 5.73. The minimum absolute atomic E-state index is 0.00553. The van der Waals surface area contributed by atoms with Gasteiger partial charge in [0.2, 0.25) is 5.91 Å². The molecule has 0 aliphatic heterocycles. The van der Waals surface area contributed by atoms with E-state index < -0.39 is 11.8 Å². The number of carbonyl (C=O) groups excluding carboxylic acids is 2. The van der Waals surface area contributed by atoms with E-state index >= 15 is 0 Å². The number of aromatic nitrogens is 2. The van der Waals surface area contributed by atoms with Crippen LogP contribution in [0.3, 0.4) is 0 Å². The highest BCUT2D eigenvalue weighted by atomic mass is 79.9. The Labute approximate surface area is 173 Å². The van der Waals surface area contributed by atoms with Gasteiger partial charge in [-0.3, -0.25) is 4.79 Å². The van der Waals surface area contributed by atoms with E-state index in [4.69, 9.17) is 14.0 Å². The average molecular weight is 464 g/mol. The van der Waals surface area contributed by atoms with E-state index in [2.05, 4.69) is 31.4 Å². The molecule has 0 spiro atoms. The number of hydrogen-bond acceptors (Lipinski definition) is 7. The van der Waals surface area contributed by atoms with Crippen molar-refractivity contribution in [3.05, 3.63) is 70.0 Å². The molecule has 0 atom stereocenters. The smallest absolute Gasteiger partial charge is 0.339 e. The maximum atomic E-state index is 13.3. The number of para-hydroxylation sites is 2. The molecule has 1 N–H and O–H groups in total. The van der Waals surface area contributed by atoms with E-state index in [0.29, 0.717) is 15.9 Å². The second kappa shape index (κ2) is 9.28. The molecular weight excluding hydrogens is 449 g/mol. The van der Waals surface area contributed by atoms with Gasteiger partial charge in [-0.15, -0.1) is 0 Å². The molecule has 10 heteroatoms. The molecule has 0 unspecified atom stereocenters. The fourth-order valence-corrected chi connectivity index (χ4v) is 2.77. The summed E-state index contributed by atoms with van der Waals surface area (Å²) in [5.41, 5.74) is 0.541. The summed E-state index contributed by atoms with van der Waals surface area (Å²) in [6.07, 6.45) is -0.148. The molecule has 150 valence electrons. The summed E-state index contributed by atoms with van der Waals surface area (Å²) < 4.78 is 28.9. The van der Waals surface area contributed by atoms with Crippen LogP contribution in [0.1, 0.15) is 22.1 Å². The van der Waals surface area contributed by atoms with Crippen molar-refractivity contribution in [1.82, 2.24) is 10.1 Å². The Morgan fingerprint density at radius 3 is 2.83 bits per heavy atom. The third-order valence-electron chi connectivity index (χ3n) is 3.68. The van der Waals surface area contributed by atoms with Crippen LogP contribution < -0.4 is 10.1 Å². The van der Waals surface area contributed by atoms with E-state index in [1.54, 1.807) is 24.3 Å². The number of amides is 1. The van der Waals surface area contributed by atoms with Gasteiger partial charge in [0, 0.05) is 4.47 Å². The third-order valence-corrected chi connectivity index (χ3v) is 4.38. The van der Waals surface area contributed by atoms with Crippen molar-refractivity contribution in [2.24, 2.45) is 0 Å². The van der Waals surface area contributed by atoms with Crippen molar-refractivity contribution >= 4 is 33.5 Å². The molecule has 0 saturated carbocycles. The summed E-state index contributed by atoms with van der Waals surface area (Å²) in [5.74, 6) is -1.06. The Morgan fingerprint density at radius 2 is 2.03 bits per heavy atom. The lowest BCUT2D eigenvalue weighted by molar-refractivity contribution is -0.115. The number of nitrogens with one attached hydrogen (secondary N) is 1. The number of nitrogens with zero attached hydrogens (tertiary/aromatic N) is 2. The SMILES string of the molecule is COc1ccccc1NC(=O)Cc1noc(COC(=O)c2cc(F)ccc2Br)n1. The van der Waals surface area contributed by atoms with Crippen LogP contribution in [0.2, 0.25) is 0 Å². The monoisotopic (exact) mass is 463 g/mol. The first-order chi connectivity index (χ1) is 14.0. The molecule has 29 heavy (non-hydrogen) atoms. The van der Waals surface area contributed by atoms with Gasteiger partial charge in [0.05, 0.1) is 24.8 Å². The second-order valence-corrected chi connectivity index (χ2v) is 6.58. The first-order valence-electron chi connectivity index (χ1n) is 8.32. The van der Waals surface area contributed by atoms with Gasteiger partial charge < -0.3 is 19.3 Å². The van der Waals surface area contributed by atoms with E-state index in [9.17, 15) is 14.0 Å². The minimum atomic E-state index is -0.759. The number of ether oxygens (including phenoxy) is 2. The molecule has 3 rings (SSSR count). The number of carbonyl (C=O) groups is 2. The van der Waals surface area contributed by atoms with E-state index in [1.165, 1.54) is 19.2 Å². The fourth-order valence-electron chi connectivity index (χ4n) is 2.37. The number of esters is 1. The highest BCUT2D eigenvalue weighted by Crippen LogP contribution is 2.23. The maximum Gasteiger partial charge on any atom is 0.339 e. The number of anilines is 1. The lowest BCUT2D eigenvalue weighted by atomic mass is 10.2. The summed E-state index contributed by atoms with van der Waals surface area (Å²) >= 11 is 3.15. The van der Waals surface area contributed by atoms with E-state index in [-0.39, 0.29) is 36.2 Å². The molecular formula is C19H15BrFN3O5. The Kier molecular flexibility index (Phi) is 6.55. The number of benzene rings is 2. The zero-order valence-electron chi connectivity index (χ0n) is 15.1. The van der Waals surface area contributed by atoms with Crippen LogP contribution in [0.4, 0.5) is 10.1 Å². The van der Waals surface area contributed by atoms with Gasteiger partial charge in [-0.05, 0) is 46.3 Å². The summed E-state index contributed by atoms with van der Waals surface area (Å²) in [6, 6.07) is 10.6. The highest BCUT2D eigenvalue weighted by Gasteiger charge is 2.16. The third kappa shape index (κ3) is 5.38. The standard InChI is InChI=1S/C19H15BrFN3O5/c1-27-15-5-3-2-4-14(15)22-17(25)9-16-23-18(29-24-16)10-28-19(26)12-8-11(21)6-7-13(12)20/h2-8H,9-10H2,1H3,(H,22,25). The zero-order valence-corrected chi connectivity index (χ0v) is 16.7. The number of rotatable bonds is 7. The molecule has 1 amide bonds. The van der Waals surface area contributed by atoms with Crippen LogP contribution in [0.25, 0.3) is 0 Å². The van der Waals surface area contributed by atoms with Crippen molar-refractivity contribution in [2.45, 2.75) is 13.0 Å². The molecule has 0 aliphatic rings. The fraction of sp³-hybridized carbons (Fsp3) is 0.158. The van der Waals surface area contributed by atoms with Crippen LogP contribution in [0.5, 0.6) is 5.75 Å². The summed E-state index contributed by atoms with van der Waals surface area (Å²) in [6.45, 7) is -0.317. The lowest BCUT2D eigenvalue weighted by Crippen LogP contribution is -2.15. The van der Waals surface area contributed by atoms with Gasteiger partial charge in [0.1, 0.15) is 11.6 Å². The van der Waals surface area contributed by atoms with Gasteiger partial charge in [-0.2, -0.15) is 4.98 Å². The van der Waals surface area contributed by atoms with Crippen LogP contribution >= 0.6 is 15.9 Å². The topological polar surface area (TPSA) is 104 Å². The molecule has 0 radical (unpaired) electrons. The molecule has 0 saturated heterocycles. The van der Waals surface area contributed by atoms with Crippen molar-refractivity contribution < 1.29 is 28.0 Å². The maximum absolute atomic E-state index is 13.3. The zero-order chi connectivity index (χ0) is 20.8. The Morgan fingerprint density at radius 1 is 1.24 bits per heavy atom. The number of halogens is 2. The summed E-state index contributed by atoms with van der Waals surface area (Å²) in [5, 5.41) is 6.37. The van der Waals surface area contributed by atoms with Crippen LogP contribution in [-0.4, -0.2) is 29.1 Å². The van der Waals surface area contributed by atoms with Crippen LogP contribution in [0.15, 0.2) is 51.5 Å². The highest BCUT2D eigenvalue weighted by molar-refractivity contribution is 9.10. The Bertz CT molecular complexity index is 1040. The average Bonchev–Trinajstić information content (AvgIpc) is 3.15. The molecule has 0 aliphatic carbocycles. The molecule has 3 aromatic rings. The Hall–Kier alpha value is -3.27. The molecule has 8 nitrogen and oxygen atoms in total. The van der Waals surface area contributed by atoms with Crippen LogP contribution in [-0.2, 0) is 22.6 Å².